The number of rotatable bonds is 6. The van der Waals surface area contributed by atoms with E-state index in [0.29, 0.717) is 5.89 Å². The number of benzene rings is 9. The first-order valence-electron chi connectivity index (χ1n) is 19.4. The summed E-state index contributed by atoms with van der Waals surface area (Å²) < 4.78 is 19.5. The monoisotopic (exact) mass is 744 g/mol. The Kier molecular flexibility index (Phi) is 7.16. The lowest BCUT2D eigenvalue weighted by Gasteiger charge is -2.26. The Hall–Kier alpha value is -7.89. The molecule has 0 N–H and O–H groups in total. The van der Waals surface area contributed by atoms with Crippen LogP contribution >= 0.6 is 0 Å². The number of nitrogens with zero attached hydrogens (tertiary/aromatic N) is 2. The van der Waals surface area contributed by atoms with Gasteiger partial charge >= 0.3 is 0 Å². The van der Waals surface area contributed by atoms with Crippen molar-refractivity contribution in [2.45, 2.75) is 0 Å². The molecule has 9 aromatic carbocycles. The van der Waals surface area contributed by atoms with Crippen LogP contribution in [-0.2, 0) is 0 Å². The van der Waals surface area contributed by atoms with Crippen molar-refractivity contribution in [1.82, 2.24) is 4.98 Å². The van der Waals surface area contributed by atoms with E-state index in [2.05, 4.69) is 132 Å². The molecule has 0 bridgehead atoms. The summed E-state index contributed by atoms with van der Waals surface area (Å²) in [4.78, 5) is 7.32. The molecule has 12 aromatic rings. The number of para-hydroxylation sites is 2. The van der Waals surface area contributed by atoms with Gasteiger partial charge in [-0.1, -0.05) is 127 Å². The van der Waals surface area contributed by atoms with E-state index in [9.17, 15) is 0 Å². The fourth-order valence-electron chi connectivity index (χ4n) is 8.62. The second-order valence-electron chi connectivity index (χ2n) is 14.7. The molecule has 3 aromatic heterocycles. The Bertz CT molecular complexity index is 3500. The average molecular weight is 745 g/mol. The van der Waals surface area contributed by atoms with Gasteiger partial charge in [0.15, 0.2) is 5.58 Å². The summed E-state index contributed by atoms with van der Waals surface area (Å²) in [5.74, 6) is 0.581. The Balaban J connectivity index is 1.03. The highest BCUT2D eigenvalue weighted by Crippen LogP contribution is 2.46. The van der Waals surface area contributed by atoms with Crippen molar-refractivity contribution < 1.29 is 13.3 Å². The molecule has 0 spiro atoms. The minimum absolute atomic E-state index is 0.581. The van der Waals surface area contributed by atoms with E-state index in [4.69, 9.17) is 18.2 Å². The molecule has 5 heteroatoms. The molecule has 0 amide bonds. The Morgan fingerprint density at radius 3 is 1.72 bits per heavy atom. The first-order chi connectivity index (χ1) is 28.7. The number of hydrogen-bond donors (Lipinski definition) is 0. The van der Waals surface area contributed by atoms with E-state index >= 15 is 0 Å². The van der Waals surface area contributed by atoms with Crippen LogP contribution in [0.4, 0.5) is 17.1 Å². The van der Waals surface area contributed by atoms with Crippen molar-refractivity contribution in [1.29, 1.82) is 0 Å². The molecule has 3 heterocycles. The summed E-state index contributed by atoms with van der Waals surface area (Å²) in [5.41, 5.74) is 13.1. The van der Waals surface area contributed by atoms with Crippen LogP contribution < -0.4 is 4.90 Å². The molecule has 12 rings (SSSR count). The van der Waals surface area contributed by atoms with Crippen LogP contribution in [0.25, 0.3) is 99.5 Å². The molecule has 0 unspecified atom stereocenters. The lowest BCUT2D eigenvalue weighted by Crippen LogP contribution is -2.10. The summed E-state index contributed by atoms with van der Waals surface area (Å²) in [6.07, 6.45) is 0. The van der Waals surface area contributed by atoms with Crippen molar-refractivity contribution in [2.75, 3.05) is 4.90 Å². The molecule has 0 fully saturated rings. The maximum Gasteiger partial charge on any atom is 0.227 e. The highest BCUT2D eigenvalue weighted by molar-refractivity contribution is 6.20. The van der Waals surface area contributed by atoms with Crippen molar-refractivity contribution in [2.24, 2.45) is 0 Å². The second-order valence-corrected chi connectivity index (χ2v) is 14.7. The topological polar surface area (TPSA) is 55.6 Å². The predicted octanol–water partition coefficient (Wildman–Crippen LogP) is 15.3. The quantitative estimate of drug-likeness (QED) is 0.170. The molecule has 0 aliphatic heterocycles. The lowest BCUT2D eigenvalue weighted by molar-refractivity contribution is 0.622. The molecule has 0 aliphatic rings. The summed E-state index contributed by atoms with van der Waals surface area (Å²) in [6.45, 7) is 0. The Morgan fingerprint density at radius 1 is 0.379 bits per heavy atom. The fraction of sp³-hybridized carbons (Fsp3) is 0. The largest absolute Gasteiger partial charge is 0.456 e. The van der Waals surface area contributed by atoms with Gasteiger partial charge in [0.25, 0.3) is 0 Å². The van der Waals surface area contributed by atoms with Gasteiger partial charge in [-0.3, -0.25) is 0 Å². The van der Waals surface area contributed by atoms with Crippen LogP contribution in [-0.4, -0.2) is 4.98 Å². The van der Waals surface area contributed by atoms with Gasteiger partial charge in [0.05, 0.1) is 16.5 Å². The Morgan fingerprint density at radius 2 is 0.966 bits per heavy atom. The van der Waals surface area contributed by atoms with Crippen molar-refractivity contribution in [3.05, 3.63) is 194 Å². The van der Waals surface area contributed by atoms with E-state index in [1.165, 1.54) is 16.3 Å². The van der Waals surface area contributed by atoms with Gasteiger partial charge in [-0.25, -0.2) is 4.98 Å². The number of anilines is 3. The molecular formula is C53H32N2O3. The maximum absolute atomic E-state index is 6.62. The molecule has 0 atom stereocenters. The van der Waals surface area contributed by atoms with Crippen LogP contribution in [0.1, 0.15) is 0 Å². The first kappa shape index (κ1) is 32.4. The van der Waals surface area contributed by atoms with Crippen molar-refractivity contribution in [3.63, 3.8) is 0 Å². The highest BCUT2D eigenvalue weighted by atomic mass is 16.4. The second kappa shape index (κ2) is 12.8. The smallest absolute Gasteiger partial charge is 0.227 e. The zero-order valence-electron chi connectivity index (χ0n) is 31.1. The van der Waals surface area contributed by atoms with Gasteiger partial charge in [-0.2, -0.15) is 0 Å². The summed E-state index contributed by atoms with van der Waals surface area (Å²) in [5, 5.41) is 6.52. The highest BCUT2D eigenvalue weighted by Gasteiger charge is 2.23. The number of aromatic nitrogens is 1. The van der Waals surface area contributed by atoms with E-state index < -0.39 is 0 Å². The molecule has 5 nitrogen and oxygen atoms in total. The minimum atomic E-state index is 0.581. The van der Waals surface area contributed by atoms with Crippen molar-refractivity contribution in [3.8, 4) is 33.7 Å². The third-order valence-corrected chi connectivity index (χ3v) is 11.3. The Labute approximate surface area is 332 Å². The van der Waals surface area contributed by atoms with E-state index in [-0.39, 0.29) is 0 Å². The van der Waals surface area contributed by atoms with Gasteiger partial charge in [-0.05, 0) is 94.2 Å². The molecular weight excluding hydrogens is 713 g/mol. The van der Waals surface area contributed by atoms with Gasteiger partial charge in [0.1, 0.15) is 27.8 Å². The summed E-state index contributed by atoms with van der Waals surface area (Å²) in [7, 11) is 0. The zero-order valence-corrected chi connectivity index (χ0v) is 31.1. The number of hydrogen-bond acceptors (Lipinski definition) is 5. The SMILES string of the molecule is c1ccc(-c2nc3cc(-c4ccc(N(c5ccc(-c6cccc7ccccc67)cc5)c5cccc6oc7ccccc7c56)cc4)c4oc5ccccc5c4c3o2)cc1. The standard InChI is InChI=1S/C53H32N2O3/c1-2-13-36(14-3-1)53-54-44-32-43(51-50(52(44)58-53)42-18-7-9-22-47(42)57-51)35-26-30-38(31-27-35)55(45-20-11-23-48-49(45)41-17-6-8-21-46(41)56-48)37-28-24-34(25-29-37)40-19-10-15-33-12-4-5-16-39(33)40/h1-32H. The molecule has 0 radical (unpaired) electrons. The normalized spacial score (nSPS) is 11.8. The van der Waals surface area contributed by atoms with Crippen LogP contribution in [0.15, 0.2) is 207 Å². The van der Waals surface area contributed by atoms with Crippen LogP contribution in [0, 0.1) is 0 Å². The third kappa shape index (κ3) is 5.07. The third-order valence-electron chi connectivity index (χ3n) is 11.3. The van der Waals surface area contributed by atoms with Crippen LogP contribution in [0.3, 0.4) is 0 Å². The number of oxazole rings is 1. The number of fused-ring (bicyclic) bond motifs is 9. The fourth-order valence-corrected chi connectivity index (χ4v) is 8.62. The van der Waals surface area contributed by atoms with Gasteiger partial charge in [0.2, 0.25) is 5.89 Å². The van der Waals surface area contributed by atoms with E-state index in [1.54, 1.807) is 0 Å². The molecule has 0 aliphatic carbocycles. The lowest BCUT2D eigenvalue weighted by atomic mass is 9.98. The maximum atomic E-state index is 6.62. The summed E-state index contributed by atoms with van der Waals surface area (Å²) in [6, 6.07) is 67.4. The molecule has 272 valence electrons. The summed E-state index contributed by atoms with van der Waals surface area (Å²) >= 11 is 0. The molecule has 58 heavy (non-hydrogen) atoms. The van der Waals surface area contributed by atoms with Crippen LogP contribution in [0.2, 0.25) is 0 Å². The number of furan rings is 2. The molecule has 0 saturated carbocycles. The average Bonchev–Trinajstić information content (AvgIpc) is 4.01. The van der Waals surface area contributed by atoms with Gasteiger partial charge < -0.3 is 18.2 Å². The van der Waals surface area contributed by atoms with E-state index in [0.717, 1.165) is 94.3 Å². The predicted molar refractivity (Wildman–Crippen MR) is 237 cm³/mol. The zero-order chi connectivity index (χ0) is 38.2. The van der Waals surface area contributed by atoms with Gasteiger partial charge in [0, 0.05) is 33.3 Å². The van der Waals surface area contributed by atoms with Crippen LogP contribution in [0.5, 0.6) is 0 Å². The first-order valence-corrected chi connectivity index (χ1v) is 19.4. The molecule has 0 saturated heterocycles. The minimum Gasteiger partial charge on any atom is -0.456 e. The van der Waals surface area contributed by atoms with Crippen molar-refractivity contribution >= 4 is 82.8 Å². The van der Waals surface area contributed by atoms with Gasteiger partial charge in [-0.15, -0.1) is 0 Å². The van der Waals surface area contributed by atoms with E-state index in [1.807, 2.05) is 66.7 Å².